The van der Waals surface area contributed by atoms with Crippen LogP contribution in [0, 0.1) is 0 Å². The van der Waals surface area contributed by atoms with Crippen molar-refractivity contribution in [2.24, 2.45) is 0 Å². The molecule has 0 saturated carbocycles. The normalized spacial score (nSPS) is 11.4. The minimum absolute atomic E-state index is 0.163. The van der Waals surface area contributed by atoms with E-state index in [0.717, 1.165) is 43.3 Å². The third-order valence-electron chi connectivity index (χ3n) is 4.46. The molecule has 0 fully saturated rings. The Morgan fingerprint density at radius 3 is 2.23 bits per heavy atom. The highest BCUT2D eigenvalue weighted by Gasteiger charge is 2.36. The summed E-state index contributed by atoms with van der Waals surface area (Å²) in [6, 6.07) is 7.31. The lowest BCUT2D eigenvalue weighted by Crippen LogP contribution is -2.21. The molecule has 5 nitrogen and oxygen atoms in total. The predicted molar refractivity (Wildman–Crippen MR) is 112 cm³/mol. The van der Waals surface area contributed by atoms with Gasteiger partial charge in [0.05, 0.1) is 13.2 Å². The van der Waals surface area contributed by atoms with Gasteiger partial charge in [-0.2, -0.15) is 18.2 Å². The van der Waals surface area contributed by atoms with Gasteiger partial charge in [-0.3, -0.25) is 0 Å². The number of ether oxygens (including phenoxy) is 2. The van der Waals surface area contributed by atoms with E-state index >= 15 is 0 Å². The van der Waals surface area contributed by atoms with Gasteiger partial charge in [-0.15, -0.1) is 0 Å². The quantitative estimate of drug-likeness (QED) is 0.368. The van der Waals surface area contributed by atoms with Gasteiger partial charge in [-0.05, 0) is 44.0 Å². The van der Waals surface area contributed by atoms with Crippen molar-refractivity contribution >= 4 is 11.6 Å². The van der Waals surface area contributed by atoms with Gasteiger partial charge in [0.2, 0.25) is 11.8 Å². The third kappa shape index (κ3) is 6.78. The molecule has 1 aromatic heterocycles. The first-order valence-corrected chi connectivity index (χ1v) is 10.5. The SMILES string of the molecule is CCCCCCOc1nc(N(CC)c2ccc(OCCC)cc2)ncc1C(F)(F)F. The van der Waals surface area contributed by atoms with E-state index in [4.69, 9.17) is 9.47 Å². The Bertz CT molecular complexity index is 767. The van der Waals surface area contributed by atoms with Gasteiger partial charge in [-0.1, -0.05) is 33.1 Å². The fraction of sp³-hybridized carbons (Fsp3) is 0.545. The van der Waals surface area contributed by atoms with E-state index in [-0.39, 0.29) is 12.6 Å². The lowest BCUT2D eigenvalue weighted by molar-refractivity contribution is -0.139. The lowest BCUT2D eigenvalue weighted by atomic mass is 10.2. The number of hydrogen-bond donors (Lipinski definition) is 0. The molecule has 0 atom stereocenters. The molecule has 30 heavy (non-hydrogen) atoms. The van der Waals surface area contributed by atoms with Crippen molar-refractivity contribution in [3.8, 4) is 11.6 Å². The molecule has 8 heteroatoms. The minimum atomic E-state index is -4.58. The molecule has 2 aromatic rings. The number of hydrogen-bond acceptors (Lipinski definition) is 5. The molecular weight excluding hydrogens is 395 g/mol. The molecule has 0 spiro atoms. The average molecular weight is 425 g/mol. The summed E-state index contributed by atoms with van der Waals surface area (Å²) in [4.78, 5) is 9.81. The largest absolute Gasteiger partial charge is 0.494 e. The van der Waals surface area contributed by atoms with Crippen molar-refractivity contribution in [1.82, 2.24) is 9.97 Å². The summed E-state index contributed by atoms with van der Waals surface area (Å²) >= 11 is 0. The van der Waals surface area contributed by atoms with Gasteiger partial charge < -0.3 is 14.4 Å². The highest BCUT2D eigenvalue weighted by molar-refractivity contribution is 5.58. The minimum Gasteiger partial charge on any atom is -0.494 e. The van der Waals surface area contributed by atoms with Crippen molar-refractivity contribution < 1.29 is 22.6 Å². The molecule has 166 valence electrons. The number of aromatic nitrogens is 2. The first-order valence-electron chi connectivity index (χ1n) is 10.5. The molecule has 0 saturated heterocycles. The Kier molecular flexibility index (Phi) is 9.20. The van der Waals surface area contributed by atoms with Crippen LogP contribution in [0.4, 0.5) is 24.8 Å². The van der Waals surface area contributed by atoms with Crippen molar-refractivity contribution in [2.45, 2.75) is 59.1 Å². The van der Waals surface area contributed by atoms with Crippen molar-refractivity contribution in [3.63, 3.8) is 0 Å². The van der Waals surface area contributed by atoms with Crippen LogP contribution in [-0.4, -0.2) is 29.7 Å². The third-order valence-corrected chi connectivity index (χ3v) is 4.46. The highest BCUT2D eigenvalue weighted by atomic mass is 19.4. The molecular formula is C22H30F3N3O2. The average Bonchev–Trinajstić information content (AvgIpc) is 2.73. The molecule has 0 amide bonds. The molecule has 0 radical (unpaired) electrons. The molecule has 0 aliphatic heterocycles. The zero-order valence-corrected chi connectivity index (χ0v) is 17.8. The summed E-state index contributed by atoms with van der Waals surface area (Å²) in [5, 5.41) is 0. The van der Waals surface area contributed by atoms with Crippen molar-refractivity contribution in [3.05, 3.63) is 36.0 Å². The standard InChI is InChI=1S/C22H30F3N3O2/c1-4-7-8-9-15-30-20-19(22(23,24)25)16-26-21(27-20)28(6-3)17-10-12-18(13-11-17)29-14-5-2/h10-13,16H,4-9,14-15H2,1-3H3. The number of unbranched alkanes of at least 4 members (excludes halogenated alkanes) is 3. The lowest BCUT2D eigenvalue weighted by Gasteiger charge is -2.22. The first kappa shape index (κ1) is 23.8. The van der Waals surface area contributed by atoms with Gasteiger partial charge in [0, 0.05) is 18.4 Å². The summed E-state index contributed by atoms with van der Waals surface area (Å²) in [6.45, 7) is 7.27. The monoisotopic (exact) mass is 425 g/mol. The Morgan fingerprint density at radius 2 is 1.63 bits per heavy atom. The maximum absolute atomic E-state index is 13.4. The molecule has 0 aliphatic carbocycles. The van der Waals surface area contributed by atoms with Gasteiger partial charge in [0.1, 0.15) is 11.3 Å². The van der Waals surface area contributed by atoms with E-state index in [2.05, 4.69) is 16.9 Å². The van der Waals surface area contributed by atoms with E-state index in [9.17, 15) is 13.2 Å². The van der Waals surface area contributed by atoms with Crippen LogP contribution in [0.15, 0.2) is 30.5 Å². The summed E-state index contributed by atoms with van der Waals surface area (Å²) < 4.78 is 51.1. The van der Waals surface area contributed by atoms with Crippen LogP contribution < -0.4 is 14.4 Å². The summed E-state index contributed by atoms with van der Waals surface area (Å²) in [6.07, 6.45) is 0.775. The van der Waals surface area contributed by atoms with E-state index in [0.29, 0.717) is 19.6 Å². The van der Waals surface area contributed by atoms with Gasteiger partial charge in [0.15, 0.2) is 0 Å². The van der Waals surface area contributed by atoms with Crippen molar-refractivity contribution in [2.75, 3.05) is 24.7 Å². The van der Waals surface area contributed by atoms with Crippen LogP contribution in [-0.2, 0) is 6.18 Å². The zero-order valence-electron chi connectivity index (χ0n) is 17.8. The fourth-order valence-electron chi connectivity index (χ4n) is 2.87. The maximum Gasteiger partial charge on any atom is 0.423 e. The van der Waals surface area contributed by atoms with E-state index in [1.807, 2.05) is 38.1 Å². The molecule has 0 N–H and O–H groups in total. The van der Waals surface area contributed by atoms with Crippen LogP contribution in [0.5, 0.6) is 11.6 Å². The van der Waals surface area contributed by atoms with Crippen LogP contribution in [0.25, 0.3) is 0 Å². The topological polar surface area (TPSA) is 47.5 Å². The maximum atomic E-state index is 13.4. The summed E-state index contributed by atoms with van der Waals surface area (Å²) in [7, 11) is 0. The Morgan fingerprint density at radius 1 is 0.900 bits per heavy atom. The van der Waals surface area contributed by atoms with Crippen LogP contribution in [0.2, 0.25) is 0 Å². The first-order chi connectivity index (χ1) is 14.4. The highest BCUT2D eigenvalue weighted by Crippen LogP contribution is 2.36. The Hall–Kier alpha value is -2.51. The van der Waals surface area contributed by atoms with Crippen LogP contribution in [0.1, 0.15) is 58.4 Å². The second kappa shape index (κ2) is 11.6. The molecule has 0 bridgehead atoms. The van der Waals surface area contributed by atoms with Gasteiger partial charge in [-0.25, -0.2) is 4.98 Å². The van der Waals surface area contributed by atoms with Gasteiger partial charge in [0.25, 0.3) is 0 Å². The number of alkyl halides is 3. The van der Waals surface area contributed by atoms with Crippen molar-refractivity contribution in [1.29, 1.82) is 0 Å². The fourth-order valence-corrected chi connectivity index (χ4v) is 2.87. The van der Waals surface area contributed by atoms with Crippen LogP contribution >= 0.6 is 0 Å². The number of nitrogens with zero attached hydrogens (tertiary/aromatic N) is 3. The van der Waals surface area contributed by atoms with E-state index < -0.39 is 17.6 Å². The smallest absolute Gasteiger partial charge is 0.423 e. The molecule has 2 rings (SSSR count). The number of benzene rings is 1. The van der Waals surface area contributed by atoms with E-state index in [1.165, 1.54) is 0 Å². The number of rotatable bonds is 12. The summed E-state index contributed by atoms with van der Waals surface area (Å²) in [5.74, 6) is 0.475. The van der Waals surface area contributed by atoms with Gasteiger partial charge >= 0.3 is 6.18 Å². The molecule has 0 aliphatic rings. The Balaban J connectivity index is 2.24. The number of halogens is 3. The molecule has 1 heterocycles. The number of anilines is 2. The summed E-state index contributed by atoms with van der Waals surface area (Å²) in [5.41, 5.74) is -0.198. The van der Waals surface area contributed by atoms with E-state index in [1.54, 1.807) is 4.90 Å². The molecule has 1 aromatic carbocycles. The van der Waals surface area contributed by atoms with Crippen LogP contribution in [0.3, 0.4) is 0 Å². The second-order valence-electron chi connectivity index (χ2n) is 6.88. The zero-order chi connectivity index (χ0) is 22.0. The second-order valence-corrected chi connectivity index (χ2v) is 6.88. The predicted octanol–water partition coefficient (Wildman–Crippen LogP) is 6.40. The molecule has 0 unspecified atom stereocenters. The Labute approximate surface area is 176 Å².